The second-order valence-electron chi connectivity index (χ2n) is 5.64. The van der Waals surface area contributed by atoms with E-state index >= 15 is 0 Å². The summed E-state index contributed by atoms with van der Waals surface area (Å²) in [6.45, 7) is 3.87. The largest absolute Gasteiger partial charge is 0.398 e. The summed E-state index contributed by atoms with van der Waals surface area (Å²) in [5.41, 5.74) is 5.19. The third kappa shape index (κ3) is 2.53. The van der Waals surface area contributed by atoms with Gasteiger partial charge in [0.25, 0.3) is 0 Å². The monoisotopic (exact) mass is 302 g/mol. The Hall–Kier alpha value is -1.18. The zero-order valence-electron chi connectivity index (χ0n) is 11.7. The highest BCUT2D eigenvalue weighted by Gasteiger charge is 2.50. The van der Waals surface area contributed by atoms with Crippen LogP contribution in [0.15, 0.2) is 23.1 Å². The van der Waals surface area contributed by atoms with Crippen LogP contribution in [0, 0.1) is 11.2 Å². The summed E-state index contributed by atoms with van der Waals surface area (Å²) in [4.78, 5) is -0.101. The van der Waals surface area contributed by atoms with Gasteiger partial charge in [-0.15, -0.1) is 0 Å². The van der Waals surface area contributed by atoms with E-state index in [9.17, 15) is 12.8 Å². The molecule has 3 N–H and O–H groups in total. The number of sulfonamides is 1. The number of nitrogen functional groups attached to an aromatic ring is 1. The van der Waals surface area contributed by atoms with E-state index in [1.165, 1.54) is 6.07 Å². The first-order chi connectivity index (χ1) is 9.18. The predicted octanol–water partition coefficient (Wildman–Crippen LogP) is 1.50. The van der Waals surface area contributed by atoms with E-state index in [-0.39, 0.29) is 28.1 Å². The van der Waals surface area contributed by atoms with Gasteiger partial charge < -0.3 is 10.5 Å². The van der Waals surface area contributed by atoms with E-state index in [1.54, 1.807) is 7.11 Å². The Kier molecular flexibility index (Phi) is 3.79. The molecule has 1 saturated carbocycles. The zero-order valence-corrected chi connectivity index (χ0v) is 12.5. The quantitative estimate of drug-likeness (QED) is 0.826. The zero-order chi connectivity index (χ0) is 15.1. The van der Waals surface area contributed by atoms with Crippen molar-refractivity contribution in [1.29, 1.82) is 0 Å². The molecule has 2 rings (SSSR count). The predicted molar refractivity (Wildman–Crippen MR) is 74.1 cm³/mol. The number of rotatable bonds is 4. The summed E-state index contributed by atoms with van der Waals surface area (Å²) in [7, 11) is -2.16. The van der Waals surface area contributed by atoms with Crippen LogP contribution in [-0.2, 0) is 14.8 Å². The molecule has 0 spiro atoms. The molecule has 0 bridgehead atoms. The molecule has 0 radical (unpaired) electrons. The number of nitrogens with two attached hydrogens (primary N) is 1. The van der Waals surface area contributed by atoms with Gasteiger partial charge in [0.15, 0.2) is 0 Å². The van der Waals surface area contributed by atoms with E-state index in [4.69, 9.17) is 10.5 Å². The number of hydrogen-bond donors (Lipinski definition) is 2. The van der Waals surface area contributed by atoms with Gasteiger partial charge in [-0.05, 0) is 24.6 Å². The van der Waals surface area contributed by atoms with Crippen LogP contribution in [0.1, 0.15) is 20.3 Å². The van der Waals surface area contributed by atoms with Crippen LogP contribution < -0.4 is 10.5 Å². The molecule has 1 aliphatic rings. The lowest BCUT2D eigenvalue weighted by molar-refractivity contribution is -0.0908. The van der Waals surface area contributed by atoms with Gasteiger partial charge in [0.2, 0.25) is 10.0 Å². The van der Waals surface area contributed by atoms with Gasteiger partial charge >= 0.3 is 0 Å². The van der Waals surface area contributed by atoms with Crippen LogP contribution in [0.3, 0.4) is 0 Å². The molecule has 20 heavy (non-hydrogen) atoms. The van der Waals surface area contributed by atoms with Crippen LogP contribution >= 0.6 is 0 Å². The minimum atomic E-state index is -3.77. The Morgan fingerprint density at radius 1 is 1.45 bits per heavy atom. The van der Waals surface area contributed by atoms with E-state index in [1.807, 2.05) is 13.8 Å². The van der Waals surface area contributed by atoms with Crippen molar-refractivity contribution in [3.8, 4) is 0 Å². The second kappa shape index (κ2) is 4.98. The summed E-state index contributed by atoms with van der Waals surface area (Å²) in [5, 5.41) is 0. The second-order valence-corrected chi connectivity index (χ2v) is 7.32. The van der Waals surface area contributed by atoms with E-state index < -0.39 is 15.8 Å². The van der Waals surface area contributed by atoms with Crippen LogP contribution in [-0.4, -0.2) is 27.7 Å². The lowest BCUT2D eigenvalue weighted by Crippen LogP contribution is -2.61. The van der Waals surface area contributed by atoms with Crippen LogP contribution in [0.2, 0.25) is 0 Å². The molecule has 2 atom stereocenters. The van der Waals surface area contributed by atoms with Crippen molar-refractivity contribution in [2.45, 2.75) is 37.3 Å². The maximum Gasteiger partial charge on any atom is 0.242 e. The van der Waals surface area contributed by atoms with E-state index in [0.29, 0.717) is 6.42 Å². The van der Waals surface area contributed by atoms with Gasteiger partial charge in [-0.1, -0.05) is 13.8 Å². The lowest BCUT2D eigenvalue weighted by atomic mass is 9.65. The van der Waals surface area contributed by atoms with Gasteiger partial charge in [0.1, 0.15) is 10.7 Å². The summed E-state index contributed by atoms with van der Waals surface area (Å²) in [5.74, 6) is -0.565. The number of methoxy groups -OCH3 is 1. The highest BCUT2D eigenvalue weighted by molar-refractivity contribution is 7.89. The molecule has 0 aromatic heterocycles. The molecule has 7 heteroatoms. The Bertz CT molecular complexity index is 616. The van der Waals surface area contributed by atoms with Gasteiger partial charge in [0.05, 0.1) is 11.8 Å². The molecule has 2 unspecified atom stereocenters. The Labute approximate surface area is 118 Å². The van der Waals surface area contributed by atoms with Gasteiger partial charge in [-0.3, -0.25) is 0 Å². The van der Waals surface area contributed by atoms with Crippen LogP contribution in [0.25, 0.3) is 0 Å². The first kappa shape index (κ1) is 15.2. The molecule has 0 aliphatic heterocycles. The molecule has 112 valence electrons. The lowest BCUT2D eigenvalue weighted by Gasteiger charge is -2.50. The minimum Gasteiger partial charge on any atom is -0.398 e. The summed E-state index contributed by atoms with van der Waals surface area (Å²) < 4.78 is 45.5. The molecular weight excluding hydrogens is 283 g/mol. The van der Waals surface area contributed by atoms with E-state index in [2.05, 4.69) is 4.72 Å². The maximum absolute atomic E-state index is 13.0. The molecule has 5 nitrogen and oxygen atoms in total. The molecule has 1 aromatic rings. The molecule has 0 heterocycles. The Morgan fingerprint density at radius 3 is 2.60 bits per heavy atom. The summed E-state index contributed by atoms with van der Waals surface area (Å²) in [6.07, 6.45) is 0.616. The number of halogens is 1. The topological polar surface area (TPSA) is 81.4 Å². The number of benzene rings is 1. The van der Waals surface area contributed by atoms with Crippen molar-refractivity contribution in [2.24, 2.45) is 5.41 Å². The molecule has 1 aliphatic carbocycles. The average molecular weight is 302 g/mol. The number of hydrogen-bond acceptors (Lipinski definition) is 4. The number of nitrogens with one attached hydrogen (secondary N) is 1. The van der Waals surface area contributed by atoms with Crippen LogP contribution in [0.4, 0.5) is 10.1 Å². The first-order valence-corrected chi connectivity index (χ1v) is 7.77. The first-order valence-electron chi connectivity index (χ1n) is 6.28. The normalized spacial score (nSPS) is 25.2. The van der Waals surface area contributed by atoms with Crippen molar-refractivity contribution in [3.63, 3.8) is 0 Å². The summed E-state index contributed by atoms with van der Waals surface area (Å²) in [6, 6.07) is 3.02. The average Bonchev–Trinajstić information content (AvgIpc) is 2.33. The smallest absolute Gasteiger partial charge is 0.242 e. The standard InChI is InChI=1S/C13H19FN2O3S/c1-13(2)11(7-12(13)19-3)16-20(17,18)10-5-4-8(14)6-9(10)15/h4-6,11-12,16H,7,15H2,1-3H3. The van der Waals surface area contributed by atoms with E-state index in [0.717, 1.165) is 12.1 Å². The van der Waals surface area contributed by atoms with Crippen LogP contribution in [0.5, 0.6) is 0 Å². The van der Waals surface area contributed by atoms with Gasteiger partial charge in [-0.2, -0.15) is 0 Å². The molecule has 0 amide bonds. The SMILES string of the molecule is COC1CC(NS(=O)(=O)c2ccc(F)cc2N)C1(C)C. The Morgan fingerprint density at radius 2 is 2.10 bits per heavy atom. The highest BCUT2D eigenvalue weighted by atomic mass is 32.2. The minimum absolute atomic E-state index is 0.0146. The number of anilines is 1. The van der Waals surface area contributed by atoms with Crippen molar-refractivity contribution in [1.82, 2.24) is 4.72 Å². The molecule has 1 aromatic carbocycles. The Balaban J connectivity index is 2.21. The third-order valence-electron chi connectivity index (χ3n) is 4.02. The molecule has 0 saturated heterocycles. The fraction of sp³-hybridized carbons (Fsp3) is 0.538. The highest BCUT2D eigenvalue weighted by Crippen LogP contribution is 2.43. The van der Waals surface area contributed by atoms with Crippen molar-refractivity contribution in [2.75, 3.05) is 12.8 Å². The van der Waals surface area contributed by atoms with Crippen molar-refractivity contribution >= 4 is 15.7 Å². The maximum atomic E-state index is 13.0. The fourth-order valence-electron chi connectivity index (χ4n) is 2.50. The van der Waals surface area contributed by atoms with Gasteiger partial charge in [-0.25, -0.2) is 17.5 Å². The molecule has 1 fully saturated rings. The summed E-state index contributed by atoms with van der Waals surface area (Å²) >= 11 is 0. The molecular formula is C13H19FN2O3S. The van der Waals surface area contributed by atoms with Gasteiger partial charge in [0, 0.05) is 18.6 Å². The van der Waals surface area contributed by atoms with Crippen molar-refractivity contribution in [3.05, 3.63) is 24.0 Å². The third-order valence-corrected chi connectivity index (χ3v) is 5.57. The van der Waals surface area contributed by atoms with Crippen molar-refractivity contribution < 1.29 is 17.5 Å². The fourth-order valence-corrected chi connectivity index (χ4v) is 4.02. The number of ether oxygens (including phenoxy) is 1.